The minimum atomic E-state index is -0.415. The van der Waals surface area contributed by atoms with E-state index < -0.39 is 5.60 Å². The third-order valence-corrected chi connectivity index (χ3v) is 2.44. The van der Waals surface area contributed by atoms with Crippen molar-refractivity contribution in [3.05, 3.63) is 0 Å². The Hall–Kier alpha value is -0.770. The molecular formula is C10H17NO3. The van der Waals surface area contributed by atoms with E-state index in [1.807, 2.05) is 20.8 Å². The van der Waals surface area contributed by atoms with Crippen LogP contribution in [0, 0.1) is 0 Å². The zero-order valence-corrected chi connectivity index (χ0v) is 8.87. The molecule has 1 aliphatic carbocycles. The smallest absolute Gasteiger partial charge is 0.407 e. The van der Waals surface area contributed by atoms with Crippen LogP contribution in [0.5, 0.6) is 0 Å². The van der Waals surface area contributed by atoms with Crippen molar-refractivity contribution in [1.82, 2.24) is 5.32 Å². The predicted molar refractivity (Wildman–Crippen MR) is 51.1 cm³/mol. The zero-order valence-electron chi connectivity index (χ0n) is 8.87. The summed E-state index contributed by atoms with van der Waals surface area (Å²) < 4.78 is 10.4. The van der Waals surface area contributed by atoms with Crippen LogP contribution in [0.15, 0.2) is 0 Å². The summed E-state index contributed by atoms with van der Waals surface area (Å²) in [6.45, 7) is 5.59. The Balaban J connectivity index is 1.72. The molecule has 4 nitrogen and oxygen atoms in total. The molecule has 1 saturated heterocycles. The number of amides is 1. The average Bonchev–Trinajstić information content (AvgIpc) is 2.54. The summed E-state index contributed by atoms with van der Waals surface area (Å²) in [4.78, 5) is 11.4. The molecule has 1 heterocycles. The van der Waals surface area contributed by atoms with E-state index in [0.29, 0.717) is 12.2 Å². The highest BCUT2D eigenvalue weighted by Crippen LogP contribution is 2.38. The first-order chi connectivity index (χ1) is 6.44. The maximum absolute atomic E-state index is 11.4. The molecule has 4 heteroatoms. The van der Waals surface area contributed by atoms with E-state index >= 15 is 0 Å². The first kappa shape index (κ1) is 9.77. The predicted octanol–water partition coefficient (Wildman–Crippen LogP) is 1.44. The first-order valence-corrected chi connectivity index (χ1v) is 5.09. The van der Waals surface area contributed by atoms with Gasteiger partial charge in [0.25, 0.3) is 0 Å². The lowest BCUT2D eigenvalue weighted by molar-refractivity contribution is 0.0496. The molecule has 2 rings (SSSR count). The largest absolute Gasteiger partial charge is 0.444 e. The highest BCUT2D eigenvalue weighted by Gasteiger charge is 2.48. The van der Waals surface area contributed by atoms with Crippen LogP contribution in [-0.2, 0) is 9.47 Å². The van der Waals surface area contributed by atoms with E-state index in [-0.39, 0.29) is 12.1 Å². The molecule has 14 heavy (non-hydrogen) atoms. The van der Waals surface area contributed by atoms with Crippen LogP contribution >= 0.6 is 0 Å². The number of hydrogen-bond donors (Lipinski definition) is 1. The number of carbonyl (C=O) groups excluding carboxylic acids is 1. The number of carbonyl (C=O) groups is 1. The molecule has 1 aliphatic heterocycles. The Morgan fingerprint density at radius 2 is 1.93 bits per heavy atom. The van der Waals surface area contributed by atoms with Gasteiger partial charge in [0.15, 0.2) is 0 Å². The summed E-state index contributed by atoms with van der Waals surface area (Å²) in [6, 6.07) is 0.244. The normalized spacial score (nSPS) is 34.9. The molecule has 1 saturated carbocycles. The monoisotopic (exact) mass is 199 g/mol. The van der Waals surface area contributed by atoms with Crippen molar-refractivity contribution in [3.8, 4) is 0 Å². The number of ether oxygens (including phenoxy) is 2. The number of alkyl carbamates (subject to hydrolysis) is 1. The molecule has 80 valence electrons. The van der Waals surface area contributed by atoms with Crippen LogP contribution < -0.4 is 5.32 Å². The fourth-order valence-electron chi connectivity index (χ4n) is 1.84. The lowest BCUT2D eigenvalue weighted by Gasteiger charge is -2.22. The van der Waals surface area contributed by atoms with Crippen molar-refractivity contribution in [3.63, 3.8) is 0 Å². The molecule has 0 spiro atoms. The fraction of sp³-hybridized carbons (Fsp3) is 0.900. The molecular weight excluding hydrogens is 182 g/mol. The quantitative estimate of drug-likeness (QED) is 0.650. The van der Waals surface area contributed by atoms with Crippen molar-refractivity contribution >= 4 is 6.09 Å². The second kappa shape index (κ2) is 3.12. The lowest BCUT2D eigenvalue weighted by atomic mass is 10.2. The van der Waals surface area contributed by atoms with Gasteiger partial charge < -0.3 is 14.8 Å². The first-order valence-electron chi connectivity index (χ1n) is 5.09. The molecule has 0 aromatic carbocycles. The van der Waals surface area contributed by atoms with Crippen LogP contribution in [0.25, 0.3) is 0 Å². The highest BCUT2D eigenvalue weighted by molar-refractivity contribution is 5.68. The SMILES string of the molecule is CC(C)(C)OC(=O)NC1CC2O[C@@H]2C1. The van der Waals surface area contributed by atoms with Crippen molar-refractivity contribution in [2.24, 2.45) is 0 Å². The van der Waals surface area contributed by atoms with Gasteiger partial charge in [-0.1, -0.05) is 0 Å². The van der Waals surface area contributed by atoms with Crippen LogP contribution in [-0.4, -0.2) is 29.9 Å². The van der Waals surface area contributed by atoms with Gasteiger partial charge in [0.05, 0.1) is 12.2 Å². The van der Waals surface area contributed by atoms with E-state index in [1.165, 1.54) is 0 Å². The molecule has 0 aromatic rings. The molecule has 2 aliphatic rings. The second-order valence-corrected chi connectivity index (χ2v) is 5.03. The van der Waals surface area contributed by atoms with Crippen LogP contribution in [0.1, 0.15) is 33.6 Å². The maximum Gasteiger partial charge on any atom is 0.407 e. The Labute approximate surface area is 84.0 Å². The van der Waals surface area contributed by atoms with Crippen LogP contribution in [0.4, 0.5) is 4.79 Å². The van der Waals surface area contributed by atoms with Crippen molar-refractivity contribution in [1.29, 1.82) is 0 Å². The number of epoxide rings is 1. The molecule has 2 unspecified atom stereocenters. The molecule has 2 fully saturated rings. The van der Waals surface area contributed by atoms with Crippen LogP contribution in [0.3, 0.4) is 0 Å². The number of rotatable bonds is 1. The van der Waals surface area contributed by atoms with E-state index in [4.69, 9.17) is 9.47 Å². The van der Waals surface area contributed by atoms with Crippen molar-refractivity contribution in [2.45, 2.75) is 57.5 Å². The molecule has 1 amide bonds. The van der Waals surface area contributed by atoms with E-state index in [9.17, 15) is 4.79 Å². The molecule has 0 bridgehead atoms. The van der Waals surface area contributed by atoms with Gasteiger partial charge in [-0.15, -0.1) is 0 Å². The number of fused-ring (bicyclic) bond motifs is 1. The number of hydrogen-bond acceptors (Lipinski definition) is 3. The summed E-state index contributed by atoms with van der Waals surface area (Å²) in [5, 5.41) is 2.86. The molecule has 0 radical (unpaired) electrons. The third-order valence-electron chi connectivity index (χ3n) is 2.44. The van der Waals surface area contributed by atoms with Gasteiger partial charge in [-0.2, -0.15) is 0 Å². The highest BCUT2D eigenvalue weighted by atomic mass is 16.6. The van der Waals surface area contributed by atoms with Gasteiger partial charge in [0.1, 0.15) is 5.60 Å². The van der Waals surface area contributed by atoms with Crippen molar-refractivity contribution < 1.29 is 14.3 Å². The van der Waals surface area contributed by atoms with E-state index in [1.54, 1.807) is 0 Å². The summed E-state index contributed by atoms with van der Waals surface area (Å²) in [5.41, 5.74) is -0.415. The van der Waals surface area contributed by atoms with Gasteiger partial charge in [-0.25, -0.2) is 4.79 Å². The standard InChI is InChI=1S/C10H17NO3/c1-10(2,3)14-9(12)11-6-4-7-8(5-6)13-7/h6-8H,4-5H2,1-3H3,(H,11,12)/t6?,7-,8?/m1/s1. The zero-order chi connectivity index (χ0) is 10.3. The van der Waals surface area contributed by atoms with Gasteiger partial charge in [-0.05, 0) is 33.6 Å². The van der Waals surface area contributed by atoms with Gasteiger partial charge in [-0.3, -0.25) is 0 Å². The maximum atomic E-state index is 11.4. The Kier molecular flexibility index (Phi) is 2.18. The van der Waals surface area contributed by atoms with Gasteiger partial charge >= 0.3 is 6.09 Å². The molecule has 0 aromatic heterocycles. The minimum Gasteiger partial charge on any atom is -0.444 e. The summed E-state index contributed by atoms with van der Waals surface area (Å²) in [7, 11) is 0. The Morgan fingerprint density at radius 1 is 1.36 bits per heavy atom. The second-order valence-electron chi connectivity index (χ2n) is 5.03. The van der Waals surface area contributed by atoms with E-state index in [2.05, 4.69) is 5.32 Å². The van der Waals surface area contributed by atoms with Crippen molar-refractivity contribution in [2.75, 3.05) is 0 Å². The van der Waals surface area contributed by atoms with E-state index in [0.717, 1.165) is 12.8 Å². The molecule has 1 N–H and O–H groups in total. The molecule has 3 atom stereocenters. The average molecular weight is 199 g/mol. The lowest BCUT2D eigenvalue weighted by Crippen LogP contribution is -2.38. The fourth-order valence-corrected chi connectivity index (χ4v) is 1.84. The summed E-state index contributed by atoms with van der Waals surface area (Å²) >= 11 is 0. The Morgan fingerprint density at radius 3 is 2.43 bits per heavy atom. The van der Waals surface area contributed by atoms with Gasteiger partial charge in [0, 0.05) is 6.04 Å². The summed E-state index contributed by atoms with van der Waals surface area (Å²) in [6.07, 6.45) is 2.35. The number of nitrogens with one attached hydrogen (secondary N) is 1. The van der Waals surface area contributed by atoms with Gasteiger partial charge in [0.2, 0.25) is 0 Å². The minimum absolute atomic E-state index is 0.244. The topological polar surface area (TPSA) is 50.9 Å². The summed E-state index contributed by atoms with van der Waals surface area (Å²) in [5.74, 6) is 0. The Bertz CT molecular complexity index is 236. The van der Waals surface area contributed by atoms with Crippen LogP contribution in [0.2, 0.25) is 0 Å². The third kappa shape index (κ3) is 2.38.